The number of aromatic nitrogens is 1. The van der Waals surface area contributed by atoms with Gasteiger partial charge in [0.05, 0.1) is 16.3 Å². The van der Waals surface area contributed by atoms with E-state index in [0.29, 0.717) is 11.3 Å². The fourth-order valence-electron chi connectivity index (χ4n) is 3.20. The van der Waals surface area contributed by atoms with Gasteiger partial charge in [0.2, 0.25) is 5.91 Å². The van der Waals surface area contributed by atoms with Crippen molar-refractivity contribution in [2.45, 2.75) is 16.8 Å². The van der Waals surface area contributed by atoms with Crippen LogP contribution in [0.3, 0.4) is 0 Å². The third-order valence-corrected chi connectivity index (χ3v) is 7.54. The Kier molecular flexibility index (Phi) is 5.18. The average molecular weight is 434 g/mol. The Morgan fingerprint density at radius 2 is 1.76 bits per heavy atom. The molecule has 150 valence electrons. The lowest BCUT2D eigenvalue weighted by molar-refractivity contribution is -0.128. The van der Waals surface area contributed by atoms with Crippen molar-refractivity contribution in [3.63, 3.8) is 0 Å². The molecule has 5 nitrogen and oxygen atoms in total. The molecule has 1 aromatic heterocycles. The minimum Gasteiger partial charge on any atom is -0.320 e. The van der Waals surface area contributed by atoms with Crippen molar-refractivity contribution in [1.82, 2.24) is 8.87 Å². The molecule has 0 N–H and O–H groups in total. The van der Waals surface area contributed by atoms with Gasteiger partial charge < -0.3 is 4.90 Å². The van der Waals surface area contributed by atoms with Gasteiger partial charge in [0.1, 0.15) is 5.37 Å². The monoisotopic (exact) mass is 434 g/mol. The number of carbonyl (C=O) groups is 1. The molecule has 3 aromatic rings. The van der Waals surface area contributed by atoms with Crippen molar-refractivity contribution in [2.24, 2.45) is 0 Å². The molecule has 1 fully saturated rings. The average Bonchev–Trinajstić information content (AvgIpc) is 3.33. The first kappa shape index (κ1) is 19.7. The molecule has 1 aliphatic heterocycles. The SMILES string of the molecule is O=C1CSC(c2cccn2S(=O)(=O)c2ccccc2)N1Cc1ccc(F)c(F)c1. The normalized spacial score (nSPS) is 17.1. The zero-order chi connectivity index (χ0) is 20.6. The van der Waals surface area contributed by atoms with Crippen molar-refractivity contribution in [2.75, 3.05) is 5.75 Å². The molecule has 0 saturated carbocycles. The molecule has 0 bridgehead atoms. The molecule has 1 unspecified atom stereocenters. The van der Waals surface area contributed by atoms with E-state index in [0.717, 1.165) is 16.1 Å². The van der Waals surface area contributed by atoms with Crippen LogP contribution in [-0.4, -0.2) is 29.0 Å². The fraction of sp³-hybridized carbons (Fsp3) is 0.150. The van der Waals surface area contributed by atoms with E-state index in [2.05, 4.69) is 0 Å². The van der Waals surface area contributed by atoms with Crippen molar-refractivity contribution in [3.8, 4) is 0 Å². The van der Waals surface area contributed by atoms with Gasteiger partial charge in [-0.05, 0) is 42.0 Å². The Morgan fingerprint density at radius 1 is 1.00 bits per heavy atom. The Bertz CT molecular complexity index is 1160. The zero-order valence-corrected chi connectivity index (χ0v) is 16.7. The van der Waals surface area contributed by atoms with Gasteiger partial charge in [0.15, 0.2) is 11.6 Å². The summed E-state index contributed by atoms with van der Waals surface area (Å²) in [5.74, 6) is -1.98. The standard InChI is InChI=1S/C20H16F2N2O3S2/c21-16-9-8-14(11-17(16)22)12-23-19(25)13-28-20(23)18-7-4-10-24(18)29(26,27)15-5-2-1-3-6-15/h1-11,20H,12-13H2. The second kappa shape index (κ2) is 7.64. The number of hydrogen-bond acceptors (Lipinski definition) is 4. The summed E-state index contributed by atoms with van der Waals surface area (Å²) in [6.07, 6.45) is 1.44. The lowest BCUT2D eigenvalue weighted by atomic mass is 10.2. The van der Waals surface area contributed by atoms with Gasteiger partial charge in [-0.3, -0.25) is 4.79 Å². The fourth-order valence-corrected chi connectivity index (χ4v) is 5.86. The highest BCUT2D eigenvalue weighted by molar-refractivity contribution is 8.00. The van der Waals surface area contributed by atoms with Gasteiger partial charge in [-0.15, -0.1) is 11.8 Å². The Labute approximate surface area is 171 Å². The number of benzene rings is 2. The van der Waals surface area contributed by atoms with Crippen molar-refractivity contribution in [1.29, 1.82) is 0 Å². The number of hydrogen-bond donors (Lipinski definition) is 0. The topological polar surface area (TPSA) is 59.4 Å². The zero-order valence-electron chi connectivity index (χ0n) is 15.0. The molecular formula is C20H16F2N2O3S2. The van der Waals surface area contributed by atoms with Crippen LogP contribution in [0.4, 0.5) is 8.78 Å². The van der Waals surface area contributed by atoms with E-state index in [4.69, 9.17) is 0 Å². The maximum absolute atomic E-state index is 13.6. The lowest BCUT2D eigenvalue weighted by Crippen LogP contribution is -2.29. The lowest BCUT2D eigenvalue weighted by Gasteiger charge is -2.25. The highest BCUT2D eigenvalue weighted by atomic mass is 32.2. The molecule has 0 aliphatic carbocycles. The van der Waals surface area contributed by atoms with E-state index in [1.54, 1.807) is 30.3 Å². The van der Waals surface area contributed by atoms with Crippen LogP contribution < -0.4 is 0 Å². The van der Waals surface area contributed by atoms with Gasteiger partial charge in [0.25, 0.3) is 10.0 Å². The quantitative estimate of drug-likeness (QED) is 0.613. The summed E-state index contributed by atoms with van der Waals surface area (Å²) in [5, 5.41) is -0.566. The summed E-state index contributed by atoms with van der Waals surface area (Å²) in [6, 6.07) is 14.7. The van der Waals surface area contributed by atoms with Crippen LogP contribution in [0.15, 0.2) is 71.8 Å². The molecule has 29 heavy (non-hydrogen) atoms. The van der Waals surface area contributed by atoms with Crippen LogP contribution >= 0.6 is 11.8 Å². The maximum atomic E-state index is 13.6. The van der Waals surface area contributed by atoms with Gasteiger partial charge in [0, 0.05) is 12.7 Å². The molecule has 9 heteroatoms. The highest BCUT2D eigenvalue weighted by Crippen LogP contribution is 2.40. The molecular weight excluding hydrogens is 418 g/mol. The number of thioether (sulfide) groups is 1. The van der Waals surface area contributed by atoms with E-state index in [9.17, 15) is 22.0 Å². The van der Waals surface area contributed by atoms with Gasteiger partial charge in [-0.2, -0.15) is 0 Å². The van der Waals surface area contributed by atoms with E-state index >= 15 is 0 Å². The first-order valence-electron chi connectivity index (χ1n) is 8.71. The Hall–Kier alpha value is -2.65. The summed E-state index contributed by atoms with van der Waals surface area (Å²) in [4.78, 5) is 14.1. The van der Waals surface area contributed by atoms with Crippen LogP contribution in [-0.2, 0) is 21.4 Å². The number of carbonyl (C=O) groups excluding carboxylic acids is 1. The molecule has 1 amide bonds. The van der Waals surface area contributed by atoms with Crippen LogP contribution in [0, 0.1) is 11.6 Å². The summed E-state index contributed by atoms with van der Waals surface area (Å²) in [6.45, 7) is 0.0459. The van der Waals surface area contributed by atoms with E-state index in [-0.39, 0.29) is 23.1 Å². The molecule has 0 radical (unpaired) electrons. The molecule has 0 spiro atoms. The van der Waals surface area contributed by atoms with Gasteiger partial charge in [-0.1, -0.05) is 24.3 Å². The summed E-state index contributed by atoms with van der Waals surface area (Å²) in [5.41, 5.74) is 0.848. The van der Waals surface area contributed by atoms with E-state index in [1.807, 2.05) is 0 Å². The van der Waals surface area contributed by atoms with Crippen LogP contribution in [0.5, 0.6) is 0 Å². The first-order chi connectivity index (χ1) is 13.9. The van der Waals surface area contributed by atoms with Crippen molar-refractivity contribution < 1.29 is 22.0 Å². The van der Waals surface area contributed by atoms with Crippen molar-refractivity contribution in [3.05, 3.63) is 89.8 Å². The molecule has 1 atom stereocenters. The number of rotatable bonds is 5. The van der Waals surface area contributed by atoms with Gasteiger partial charge in [-0.25, -0.2) is 21.2 Å². The van der Waals surface area contributed by atoms with Crippen LogP contribution in [0.2, 0.25) is 0 Å². The van der Waals surface area contributed by atoms with E-state index < -0.39 is 27.0 Å². The van der Waals surface area contributed by atoms with Crippen LogP contribution in [0.1, 0.15) is 16.6 Å². The molecule has 4 rings (SSSR count). The maximum Gasteiger partial charge on any atom is 0.267 e. The largest absolute Gasteiger partial charge is 0.320 e. The number of amides is 1. The van der Waals surface area contributed by atoms with Gasteiger partial charge >= 0.3 is 0 Å². The smallest absolute Gasteiger partial charge is 0.267 e. The molecule has 2 heterocycles. The Balaban J connectivity index is 1.69. The minimum atomic E-state index is -3.83. The predicted molar refractivity (Wildman–Crippen MR) is 106 cm³/mol. The van der Waals surface area contributed by atoms with Crippen molar-refractivity contribution >= 4 is 27.7 Å². The summed E-state index contributed by atoms with van der Waals surface area (Å²) in [7, 11) is -3.83. The molecule has 1 saturated heterocycles. The minimum absolute atomic E-state index is 0.0459. The summed E-state index contributed by atoms with van der Waals surface area (Å²) < 4.78 is 54.1. The molecule has 2 aromatic carbocycles. The Morgan fingerprint density at radius 3 is 2.48 bits per heavy atom. The number of nitrogens with zero attached hydrogens (tertiary/aromatic N) is 2. The highest BCUT2D eigenvalue weighted by Gasteiger charge is 2.36. The molecule has 1 aliphatic rings. The second-order valence-corrected chi connectivity index (χ2v) is 9.36. The number of halogens is 2. The first-order valence-corrected chi connectivity index (χ1v) is 11.2. The second-order valence-electron chi connectivity index (χ2n) is 6.48. The summed E-state index contributed by atoms with van der Waals surface area (Å²) >= 11 is 1.29. The van der Waals surface area contributed by atoms with Crippen LogP contribution in [0.25, 0.3) is 0 Å². The van der Waals surface area contributed by atoms with E-state index in [1.165, 1.54) is 41.1 Å². The third-order valence-electron chi connectivity index (χ3n) is 4.60. The third kappa shape index (κ3) is 3.67. The predicted octanol–water partition coefficient (Wildman–Crippen LogP) is 3.78.